The lowest BCUT2D eigenvalue weighted by Gasteiger charge is -2.18. The third-order valence-corrected chi connectivity index (χ3v) is 2.81. The number of aliphatic imine (C=N–C) groups is 1. The van der Waals surface area contributed by atoms with Gasteiger partial charge in [0.1, 0.15) is 0 Å². The number of hydrogen-bond donors (Lipinski definition) is 3. The number of nitrogens with zero attached hydrogens (tertiary/aromatic N) is 2. The molecule has 4 N–H and O–H groups in total. The molecule has 17 heavy (non-hydrogen) atoms. The number of hydrazine groups is 1. The van der Waals surface area contributed by atoms with Crippen LogP contribution >= 0.6 is 28.3 Å². The molecule has 1 heterocycles. The third-order valence-electron chi connectivity index (χ3n) is 2.28. The molecule has 2 rings (SSSR count). The molecule has 0 aliphatic carbocycles. The average Bonchev–Trinajstić information content (AvgIpc) is 2.30. The van der Waals surface area contributed by atoms with Gasteiger partial charge in [-0.15, -0.1) is 12.4 Å². The molecule has 0 aromatic heterocycles. The molecule has 0 fully saturated rings. The molecule has 1 aromatic rings. The fourth-order valence-electron chi connectivity index (χ4n) is 1.49. The quantitative estimate of drug-likeness (QED) is 0.541. The van der Waals surface area contributed by atoms with Gasteiger partial charge in [0.25, 0.3) is 0 Å². The topological polar surface area (TPSA) is 74.8 Å². The molecular formula is C10H13BrClN5. The molecule has 1 aromatic carbocycles. The van der Waals surface area contributed by atoms with Gasteiger partial charge in [0.15, 0.2) is 0 Å². The van der Waals surface area contributed by atoms with Gasteiger partial charge in [-0.3, -0.25) is 5.43 Å². The number of hydrogen-bond acceptors (Lipinski definition) is 5. The zero-order valence-electron chi connectivity index (χ0n) is 9.14. The van der Waals surface area contributed by atoms with E-state index in [0.717, 1.165) is 15.7 Å². The highest BCUT2D eigenvalue weighted by atomic mass is 79.9. The van der Waals surface area contributed by atoms with Gasteiger partial charge in [0.2, 0.25) is 5.96 Å². The molecule has 7 heteroatoms. The highest BCUT2D eigenvalue weighted by Gasteiger charge is 2.17. The molecule has 5 nitrogen and oxygen atoms in total. The van der Waals surface area contributed by atoms with E-state index in [1.54, 1.807) is 0 Å². The average molecular weight is 319 g/mol. The lowest BCUT2D eigenvalue weighted by Crippen LogP contribution is -2.44. The summed E-state index contributed by atoms with van der Waals surface area (Å²) in [5, 5.41) is 4.24. The number of nitrogens with two attached hydrogens (primary N) is 1. The van der Waals surface area contributed by atoms with Crippen LogP contribution in [0.4, 0.5) is 0 Å². The summed E-state index contributed by atoms with van der Waals surface area (Å²) in [4.78, 5) is 4.31. The number of nitrogens with one attached hydrogen (secondary N) is 2. The van der Waals surface area contributed by atoms with E-state index in [-0.39, 0.29) is 18.4 Å². The van der Waals surface area contributed by atoms with Gasteiger partial charge in [0.05, 0.1) is 11.8 Å². The van der Waals surface area contributed by atoms with Crippen LogP contribution in [0.3, 0.4) is 0 Å². The van der Waals surface area contributed by atoms with E-state index in [0.29, 0.717) is 5.96 Å². The van der Waals surface area contributed by atoms with Crippen molar-refractivity contribution in [1.82, 2.24) is 10.9 Å². The van der Waals surface area contributed by atoms with E-state index >= 15 is 0 Å². The van der Waals surface area contributed by atoms with Crippen LogP contribution in [0.25, 0.3) is 0 Å². The van der Waals surface area contributed by atoms with E-state index < -0.39 is 0 Å². The highest BCUT2D eigenvalue weighted by Crippen LogP contribution is 2.14. The van der Waals surface area contributed by atoms with Crippen molar-refractivity contribution in [2.75, 3.05) is 0 Å². The van der Waals surface area contributed by atoms with Gasteiger partial charge in [-0.1, -0.05) is 28.1 Å². The van der Waals surface area contributed by atoms with Crippen molar-refractivity contribution in [3.63, 3.8) is 0 Å². The zero-order chi connectivity index (χ0) is 11.5. The Bertz CT molecular complexity index is 443. The minimum atomic E-state index is -0.0199. The fraction of sp³-hybridized carbons (Fsp3) is 0.200. The largest absolute Gasteiger partial charge is 0.293 e. The van der Waals surface area contributed by atoms with E-state index in [4.69, 9.17) is 5.84 Å². The van der Waals surface area contributed by atoms with Crippen molar-refractivity contribution in [2.24, 2.45) is 15.9 Å². The summed E-state index contributed by atoms with van der Waals surface area (Å²) in [6.07, 6.45) is 0. The minimum absolute atomic E-state index is 0. The van der Waals surface area contributed by atoms with Crippen molar-refractivity contribution in [2.45, 2.75) is 13.0 Å². The minimum Gasteiger partial charge on any atom is -0.293 e. The Kier molecular flexibility index (Phi) is 4.92. The summed E-state index contributed by atoms with van der Waals surface area (Å²) in [6.45, 7) is 1.97. The second-order valence-corrected chi connectivity index (χ2v) is 4.33. The first-order chi connectivity index (χ1) is 7.70. The second kappa shape index (κ2) is 6.00. The number of guanidine groups is 1. The van der Waals surface area contributed by atoms with Crippen LogP contribution < -0.4 is 16.7 Å². The van der Waals surface area contributed by atoms with E-state index in [1.807, 2.05) is 31.2 Å². The van der Waals surface area contributed by atoms with Gasteiger partial charge in [-0.05, 0) is 19.1 Å². The molecule has 1 atom stereocenters. The molecular weight excluding hydrogens is 306 g/mol. The predicted octanol–water partition coefficient (Wildman–Crippen LogP) is 1.39. The zero-order valence-corrected chi connectivity index (χ0v) is 11.5. The first kappa shape index (κ1) is 14.0. The van der Waals surface area contributed by atoms with Crippen molar-refractivity contribution < 1.29 is 0 Å². The molecule has 0 amide bonds. The third kappa shape index (κ3) is 3.18. The Morgan fingerprint density at radius 3 is 2.53 bits per heavy atom. The van der Waals surface area contributed by atoms with Gasteiger partial charge in [-0.2, -0.15) is 5.10 Å². The molecule has 0 saturated heterocycles. The van der Waals surface area contributed by atoms with Crippen LogP contribution in [-0.2, 0) is 0 Å². The van der Waals surface area contributed by atoms with Crippen LogP contribution in [0.5, 0.6) is 0 Å². The van der Waals surface area contributed by atoms with E-state index in [1.165, 1.54) is 0 Å². The first-order valence-electron chi connectivity index (χ1n) is 4.84. The fourth-order valence-corrected chi connectivity index (χ4v) is 1.75. The van der Waals surface area contributed by atoms with Gasteiger partial charge >= 0.3 is 0 Å². The molecule has 1 unspecified atom stereocenters. The maximum absolute atomic E-state index is 5.25. The summed E-state index contributed by atoms with van der Waals surface area (Å²) < 4.78 is 1.04. The van der Waals surface area contributed by atoms with Crippen LogP contribution in [0.1, 0.15) is 12.5 Å². The summed E-state index contributed by atoms with van der Waals surface area (Å²) in [7, 11) is 0. The number of halogens is 2. The van der Waals surface area contributed by atoms with E-state index in [2.05, 4.69) is 36.9 Å². The summed E-state index contributed by atoms with van der Waals surface area (Å²) in [5.74, 6) is 5.73. The van der Waals surface area contributed by atoms with Gasteiger partial charge < -0.3 is 0 Å². The SMILES string of the molecule is CC1N=C(NN)NN=C1c1ccc(Br)cc1.Cl. The highest BCUT2D eigenvalue weighted by molar-refractivity contribution is 9.10. The predicted molar refractivity (Wildman–Crippen MR) is 75.3 cm³/mol. The molecule has 1 aliphatic heterocycles. The van der Waals surface area contributed by atoms with Gasteiger partial charge in [-0.25, -0.2) is 16.3 Å². The van der Waals surface area contributed by atoms with Crippen molar-refractivity contribution in [3.8, 4) is 0 Å². The van der Waals surface area contributed by atoms with Crippen LogP contribution in [-0.4, -0.2) is 17.7 Å². The summed E-state index contributed by atoms with van der Waals surface area (Å²) in [5.41, 5.74) is 7.13. The maximum atomic E-state index is 5.25. The lowest BCUT2D eigenvalue weighted by atomic mass is 10.0. The lowest BCUT2D eigenvalue weighted by molar-refractivity contribution is 0.809. The molecule has 0 spiro atoms. The molecule has 0 saturated carbocycles. The molecule has 1 aliphatic rings. The Morgan fingerprint density at radius 1 is 1.35 bits per heavy atom. The Hall–Kier alpha value is -1.11. The molecule has 92 valence electrons. The second-order valence-electron chi connectivity index (χ2n) is 3.41. The normalized spacial score (nSPS) is 18.4. The standard InChI is InChI=1S/C10H12BrN5.ClH/c1-6-9(15-16-10(13-6)14-12)7-2-4-8(11)5-3-7;/h2-6H,12H2,1H3,(H2,13,14,16);1H. The van der Waals surface area contributed by atoms with E-state index in [9.17, 15) is 0 Å². The summed E-state index contributed by atoms with van der Waals surface area (Å²) >= 11 is 3.40. The Labute approximate surface area is 114 Å². The Balaban J connectivity index is 0.00000144. The van der Waals surface area contributed by atoms with Crippen LogP contribution in [0.15, 0.2) is 38.8 Å². The molecule has 0 radical (unpaired) electrons. The number of rotatable bonds is 1. The van der Waals surface area contributed by atoms with Crippen molar-refractivity contribution in [1.29, 1.82) is 0 Å². The first-order valence-corrected chi connectivity index (χ1v) is 5.64. The van der Waals surface area contributed by atoms with Crippen LogP contribution in [0, 0.1) is 0 Å². The Morgan fingerprint density at radius 2 is 2.00 bits per heavy atom. The number of benzene rings is 1. The summed E-state index contributed by atoms with van der Waals surface area (Å²) in [6, 6.07) is 7.93. The van der Waals surface area contributed by atoms with Gasteiger partial charge in [0, 0.05) is 10.0 Å². The van der Waals surface area contributed by atoms with Crippen molar-refractivity contribution in [3.05, 3.63) is 34.3 Å². The maximum Gasteiger partial charge on any atom is 0.227 e. The molecule has 0 bridgehead atoms. The van der Waals surface area contributed by atoms with Crippen LogP contribution in [0.2, 0.25) is 0 Å². The monoisotopic (exact) mass is 317 g/mol. The smallest absolute Gasteiger partial charge is 0.227 e. The number of hydrazone groups is 1. The van der Waals surface area contributed by atoms with Crippen molar-refractivity contribution >= 4 is 40.0 Å².